The molecule has 0 spiro atoms. The van der Waals surface area contributed by atoms with Crippen molar-refractivity contribution < 1.29 is 18.8 Å². The van der Waals surface area contributed by atoms with E-state index in [1.807, 2.05) is 4.90 Å². The van der Waals surface area contributed by atoms with Gasteiger partial charge in [-0.3, -0.25) is 4.79 Å². The Morgan fingerprint density at radius 2 is 2.33 bits per heavy atom. The lowest BCUT2D eigenvalue weighted by Crippen LogP contribution is -2.38. The monoisotopic (exact) mass is 292 g/mol. The molecule has 1 saturated carbocycles. The van der Waals surface area contributed by atoms with Crippen molar-refractivity contribution in [3.05, 3.63) is 17.5 Å². The third-order valence-corrected chi connectivity index (χ3v) is 4.70. The van der Waals surface area contributed by atoms with Gasteiger partial charge in [-0.15, -0.1) is 0 Å². The summed E-state index contributed by atoms with van der Waals surface area (Å²) in [5.41, 5.74) is 0.376. The molecule has 1 amide bonds. The average Bonchev–Trinajstić information content (AvgIpc) is 2.88. The molecule has 0 aromatic carbocycles. The van der Waals surface area contributed by atoms with Crippen LogP contribution in [0.15, 0.2) is 10.6 Å². The van der Waals surface area contributed by atoms with Crippen molar-refractivity contribution >= 4 is 5.91 Å². The summed E-state index contributed by atoms with van der Waals surface area (Å²) in [6.07, 6.45) is 2.64. The van der Waals surface area contributed by atoms with Crippen LogP contribution in [0.3, 0.4) is 0 Å². The molecular formula is C15H20N2O4. The number of fused-ring (bicyclic) bond motifs is 1. The third-order valence-electron chi connectivity index (χ3n) is 4.70. The minimum absolute atomic E-state index is 0.0788. The molecule has 2 saturated heterocycles. The van der Waals surface area contributed by atoms with Gasteiger partial charge in [0.2, 0.25) is 0 Å². The molecule has 3 atom stereocenters. The number of rotatable bonds is 4. The van der Waals surface area contributed by atoms with E-state index in [1.165, 1.54) is 12.8 Å². The molecule has 1 aliphatic carbocycles. The number of nitrogens with zero attached hydrogens (tertiary/aromatic N) is 2. The molecule has 21 heavy (non-hydrogen) atoms. The highest BCUT2D eigenvalue weighted by molar-refractivity contribution is 5.92. The molecule has 4 rings (SSSR count). The maximum Gasteiger partial charge on any atom is 0.276 e. The van der Waals surface area contributed by atoms with E-state index in [9.17, 15) is 4.79 Å². The minimum Gasteiger partial charge on any atom is -0.379 e. The minimum atomic E-state index is -0.0788. The number of aryl methyl sites for hydroxylation is 1. The maximum atomic E-state index is 12.6. The zero-order valence-electron chi connectivity index (χ0n) is 12.2. The van der Waals surface area contributed by atoms with Crippen LogP contribution < -0.4 is 0 Å². The summed E-state index contributed by atoms with van der Waals surface area (Å²) >= 11 is 0. The second-order valence-electron chi connectivity index (χ2n) is 6.36. The molecule has 1 aromatic rings. The number of hydrogen-bond acceptors (Lipinski definition) is 5. The van der Waals surface area contributed by atoms with Gasteiger partial charge in [0.15, 0.2) is 5.69 Å². The summed E-state index contributed by atoms with van der Waals surface area (Å²) in [5.74, 6) is 1.59. The lowest BCUT2D eigenvalue weighted by atomic mass is 10.0. The number of carbonyl (C=O) groups excluding carboxylic acids is 1. The first-order valence-corrected chi connectivity index (χ1v) is 7.66. The van der Waals surface area contributed by atoms with E-state index in [4.69, 9.17) is 14.0 Å². The number of likely N-dealkylation sites (tertiary alicyclic amines) is 1. The molecule has 3 fully saturated rings. The predicted octanol–water partition coefficient (Wildman–Crippen LogP) is 1.25. The van der Waals surface area contributed by atoms with Crippen LogP contribution in [0, 0.1) is 18.8 Å². The summed E-state index contributed by atoms with van der Waals surface area (Å²) in [6, 6.07) is 1.80. The number of carbonyl (C=O) groups is 1. The SMILES string of the molecule is Cc1cc(C(=O)N2C[C@@H](OCC3CC3)[C@@H]3COC[C@@H]32)no1. The smallest absolute Gasteiger partial charge is 0.276 e. The van der Waals surface area contributed by atoms with Crippen LogP contribution in [0.2, 0.25) is 0 Å². The van der Waals surface area contributed by atoms with Gasteiger partial charge in [-0.1, -0.05) is 5.16 Å². The summed E-state index contributed by atoms with van der Waals surface area (Å²) in [6.45, 7) is 4.52. The number of amides is 1. The van der Waals surface area contributed by atoms with Crippen LogP contribution in [-0.4, -0.2) is 54.5 Å². The van der Waals surface area contributed by atoms with Crippen molar-refractivity contribution in [2.24, 2.45) is 11.8 Å². The van der Waals surface area contributed by atoms with E-state index in [0.29, 0.717) is 37.1 Å². The topological polar surface area (TPSA) is 64.8 Å². The van der Waals surface area contributed by atoms with Gasteiger partial charge < -0.3 is 18.9 Å². The van der Waals surface area contributed by atoms with E-state index < -0.39 is 0 Å². The first-order valence-electron chi connectivity index (χ1n) is 7.66. The summed E-state index contributed by atoms with van der Waals surface area (Å²) in [7, 11) is 0. The predicted molar refractivity (Wildman–Crippen MR) is 72.8 cm³/mol. The van der Waals surface area contributed by atoms with Crippen LogP contribution in [0.4, 0.5) is 0 Å². The molecule has 3 heterocycles. The van der Waals surface area contributed by atoms with Gasteiger partial charge in [-0.2, -0.15) is 0 Å². The second-order valence-corrected chi connectivity index (χ2v) is 6.36. The van der Waals surface area contributed by atoms with Gasteiger partial charge in [0.25, 0.3) is 5.91 Å². The highest BCUT2D eigenvalue weighted by Gasteiger charge is 2.48. The molecule has 114 valence electrons. The lowest BCUT2D eigenvalue weighted by Gasteiger charge is -2.21. The quantitative estimate of drug-likeness (QED) is 0.835. The van der Waals surface area contributed by atoms with Crippen molar-refractivity contribution in [1.82, 2.24) is 10.1 Å². The average molecular weight is 292 g/mol. The first kappa shape index (κ1) is 13.3. The maximum absolute atomic E-state index is 12.6. The van der Waals surface area contributed by atoms with E-state index in [2.05, 4.69) is 5.16 Å². The Morgan fingerprint density at radius 1 is 1.48 bits per heavy atom. The molecule has 0 N–H and O–H groups in total. The number of hydrogen-bond donors (Lipinski definition) is 0. The van der Waals surface area contributed by atoms with Crippen molar-refractivity contribution in [3.63, 3.8) is 0 Å². The third kappa shape index (κ3) is 2.46. The standard InChI is InChI=1S/C15H20N2O4/c1-9-4-12(16-21-9)15(18)17-5-14(20-6-10-2-3-10)11-7-19-8-13(11)17/h4,10-11,13-14H,2-3,5-8H2,1H3/t11-,13+,14-/m1/s1. The highest BCUT2D eigenvalue weighted by Crippen LogP contribution is 2.35. The van der Waals surface area contributed by atoms with E-state index >= 15 is 0 Å². The van der Waals surface area contributed by atoms with Crippen LogP contribution in [-0.2, 0) is 9.47 Å². The van der Waals surface area contributed by atoms with E-state index in [-0.39, 0.29) is 18.1 Å². The molecule has 0 unspecified atom stereocenters. The van der Waals surface area contributed by atoms with Crippen LogP contribution in [0.1, 0.15) is 29.1 Å². The number of aromatic nitrogens is 1. The zero-order valence-corrected chi connectivity index (χ0v) is 12.2. The fourth-order valence-electron chi connectivity index (χ4n) is 3.27. The molecule has 0 radical (unpaired) electrons. The fraction of sp³-hybridized carbons (Fsp3) is 0.733. The zero-order chi connectivity index (χ0) is 14.4. The van der Waals surface area contributed by atoms with Crippen molar-refractivity contribution in [1.29, 1.82) is 0 Å². The Balaban J connectivity index is 1.48. The lowest BCUT2D eigenvalue weighted by molar-refractivity contribution is 0.0140. The van der Waals surface area contributed by atoms with Gasteiger partial charge in [0.1, 0.15) is 5.76 Å². The first-order chi connectivity index (χ1) is 10.2. The molecule has 0 bridgehead atoms. The van der Waals surface area contributed by atoms with Gasteiger partial charge in [-0.05, 0) is 25.7 Å². The summed E-state index contributed by atoms with van der Waals surface area (Å²) < 4.78 is 16.6. The van der Waals surface area contributed by atoms with Crippen molar-refractivity contribution in [2.75, 3.05) is 26.4 Å². The van der Waals surface area contributed by atoms with Gasteiger partial charge in [0, 0.05) is 25.1 Å². The fourth-order valence-corrected chi connectivity index (χ4v) is 3.27. The van der Waals surface area contributed by atoms with E-state index in [0.717, 1.165) is 12.5 Å². The molecule has 3 aliphatic rings. The molecular weight excluding hydrogens is 272 g/mol. The Hall–Kier alpha value is -1.40. The molecule has 1 aromatic heterocycles. The van der Waals surface area contributed by atoms with E-state index in [1.54, 1.807) is 13.0 Å². The Bertz CT molecular complexity index is 540. The largest absolute Gasteiger partial charge is 0.379 e. The van der Waals surface area contributed by atoms with Crippen LogP contribution in [0.5, 0.6) is 0 Å². The Kier molecular flexibility index (Phi) is 3.23. The Labute approximate surface area is 123 Å². The van der Waals surface area contributed by atoms with Gasteiger partial charge in [-0.25, -0.2) is 0 Å². The molecule has 2 aliphatic heterocycles. The second kappa shape index (κ2) is 5.10. The summed E-state index contributed by atoms with van der Waals surface area (Å²) in [4.78, 5) is 14.4. The Morgan fingerprint density at radius 3 is 3.05 bits per heavy atom. The van der Waals surface area contributed by atoms with Crippen molar-refractivity contribution in [3.8, 4) is 0 Å². The number of ether oxygens (including phenoxy) is 2. The molecule has 6 heteroatoms. The van der Waals surface area contributed by atoms with Crippen LogP contribution >= 0.6 is 0 Å². The van der Waals surface area contributed by atoms with Gasteiger partial charge in [0.05, 0.1) is 25.4 Å². The normalized spacial score (nSPS) is 31.7. The highest BCUT2D eigenvalue weighted by atomic mass is 16.5. The van der Waals surface area contributed by atoms with Gasteiger partial charge >= 0.3 is 0 Å². The van der Waals surface area contributed by atoms with Crippen LogP contribution in [0.25, 0.3) is 0 Å². The molecule has 6 nitrogen and oxygen atoms in total. The summed E-state index contributed by atoms with van der Waals surface area (Å²) in [5, 5.41) is 3.84. The van der Waals surface area contributed by atoms with Crippen molar-refractivity contribution in [2.45, 2.75) is 31.9 Å².